The Balaban J connectivity index is 5.29. The highest BCUT2D eigenvalue weighted by molar-refractivity contribution is 7.53. The zero-order chi connectivity index (χ0) is 70.3. The van der Waals surface area contributed by atoms with E-state index in [1.54, 1.807) is 0 Å². The molecule has 0 aromatic heterocycles. The zero-order valence-electron chi connectivity index (χ0n) is 60.5. The highest BCUT2D eigenvalue weighted by Gasteiger charge is 2.26. The minimum atomic E-state index is -3.76. The summed E-state index contributed by atoms with van der Waals surface area (Å²) in [4.78, 5) is 103. The predicted octanol–water partition coefficient (Wildman–Crippen LogP) is 15.6. The number of ether oxygens (including phenoxy) is 3. The van der Waals surface area contributed by atoms with Crippen LogP contribution in [-0.2, 0) is 79.8 Å². The topological polar surface area (TPSA) is 283 Å². The minimum absolute atomic E-state index is 0.0526. The Morgan fingerprint density at radius 2 is 0.747 bits per heavy atom. The molecule has 5 atom stereocenters. The van der Waals surface area contributed by atoms with E-state index in [4.69, 9.17) is 32.3 Å². The van der Waals surface area contributed by atoms with Crippen molar-refractivity contribution in [3.8, 4) is 0 Å². The maximum absolute atomic E-state index is 13.7. The van der Waals surface area contributed by atoms with Crippen molar-refractivity contribution in [1.29, 1.82) is 0 Å². The third kappa shape index (κ3) is 62.3. The van der Waals surface area contributed by atoms with Crippen LogP contribution >= 0.6 is 15.2 Å². The van der Waals surface area contributed by atoms with Crippen LogP contribution in [0.3, 0.4) is 0 Å². The van der Waals surface area contributed by atoms with Gasteiger partial charge in [0, 0.05) is 77.8 Å². The third-order valence-electron chi connectivity index (χ3n) is 16.0. The fourth-order valence-electron chi connectivity index (χ4n) is 10.3. The average molecular weight is 1390 g/mol. The first kappa shape index (κ1) is 91.3. The number of carbonyl (C=O) groups excluding carboxylic acids is 8. The van der Waals surface area contributed by atoms with Gasteiger partial charge >= 0.3 is 21.2 Å². The Hall–Kier alpha value is -3.68. The van der Waals surface area contributed by atoms with Crippen molar-refractivity contribution in [2.24, 2.45) is 0 Å². The van der Waals surface area contributed by atoms with Crippen molar-refractivity contribution in [3.63, 3.8) is 0 Å². The third-order valence-corrected chi connectivity index (χ3v) is 18.6. The largest absolute Gasteiger partial charge is 0.462 e. The summed E-state index contributed by atoms with van der Waals surface area (Å²) in [5.74, 6) is -2.21. The van der Waals surface area contributed by atoms with E-state index in [9.17, 15) is 47.5 Å². The number of ketones is 3. The summed E-state index contributed by atoms with van der Waals surface area (Å²) < 4.78 is 66.7. The van der Waals surface area contributed by atoms with Crippen LogP contribution in [0.1, 0.15) is 304 Å². The molecule has 21 nitrogen and oxygen atoms in total. The van der Waals surface area contributed by atoms with Crippen molar-refractivity contribution in [2.45, 2.75) is 322 Å². The second-order valence-corrected chi connectivity index (χ2v) is 29.7. The van der Waals surface area contributed by atoms with Gasteiger partial charge in [-0.3, -0.25) is 47.5 Å². The molecule has 0 bridgehead atoms. The van der Waals surface area contributed by atoms with Gasteiger partial charge in [-0.15, -0.1) is 0 Å². The molecule has 0 saturated heterocycles. The molecule has 0 aromatic rings. The Morgan fingerprint density at radius 3 is 1.19 bits per heavy atom. The normalized spacial score (nSPS) is 13.8. The van der Waals surface area contributed by atoms with Gasteiger partial charge in [0.05, 0.1) is 77.8 Å². The van der Waals surface area contributed by atoms with Crippen LogP contribution in [0.5, 0.6) is 0 Å². The van der Waals surface area contributed by atoms with Crippen LogP contribution in [0.25, 0.3) is 0 Å². The SMILES string of the molecule is CCCCCC/C=C\CCCC(=O)O[C@H](CCCCCCC)CC(=O)NC(COCCC(=O)CCCCCCC)COP(C)(=O)OCCNC(=O)CCC(=O)NCCOP(C)(=O)OCC(COCCC(=O)CCCCCCC)NC(=O)CC(=O)CCCCCCCCCCC. The Morgan fingerprint density at radius 1 is 0.368 bits per heavy atom. The molecule has 0 saturated carbocycles. The van der Waals surface area contributed by atoms with Gasteiger partial charge in [-0.1, -0.05) is 194 Å². The average Bonchev–Trinajstić information content (AvgIpc) is 1.40. The molecule has 0 aliphatic rings. The first-order valence-electron chi connectivity index (χ1n) is 37.2. The molecule has 0 rings (SSSR count). The van der Waals surface area contributed by atoms with E-state index in [0.29, 0.717) is 32.1 Å². The van der Waals surface area contributed by atoms with Crippen molar-refractivity contribution in [2.75, 3.05) is 79.3 Å². The summed E-state index contributed by atoms with van der Waals surface area (Å²) in [6.07, 6.45) is 37.9. The van der Waals surface area contributed by atoms with Gasteiger partial charge in [-0.05, 0) is 57.8 Å². The van der Waals surface area contributed by atoms with Crippen LogP contribution < -0.4 is 21.3 Å². The number of esters is 1. The summed E-state index contributed by atoms with van der Waals surface area (Å²) in [7, 11) is -7.49. The number of hydrogen-bond donors (Lipinski definition) is 4. The van der Waals surface area contributed by atoms with Crippen molar-refractivity contribution < 1.29 is 79.8 Å². The molecule has 4 amide bonds. The molecule has 23 heteroatoms. The van der Waals surface area contributed by atoms with Gasteiger partial charge < -0.3 is 53.6 Å². The lowest BCUT2D eigenvalue weighted by molar-refractivity contribution is -0.151. The molecule has 0 radical (unpaired) electrons. The molecular weight excluding hydrogens is 1250 g/mol. The summed E-state index contributed by atoms with van der Waals surface area (Å²) in [6.45, 7) is 12.4. The monoisotopic (exact) mass is 1390 g/mol. The van der Waals surface area contributed by atoms with Gasteiger partial charge in [0.15, 0.2) is 0 Å². The molecule has 95 heavy (non-hydrogen) atoms. The highest BCUT2D eigenvalue weighted by atomic mass is 31.2. The molecule has 0 spiro atoms. The van der Waals surface area contributed by atoms with E-state index in [0.717, 1.165) is 141 Å². The van der Waals surface area contributed by atoms with E-state index in [2.05, 4.69) is 68.0 Å². The fourth-order valence-corrected chi connectivity index (χ4v) is 12.2. The molecule has 554 valence electrons. The van der Waals surface area contributed by atoms with Crippen LogP contribution in [0.2, 0.25) is 0 Å². The Bertz CT molecular complexity index is 2130. The van der Waals surface area contributed by atoms with Crippen LogP contribution in [-0.4, -0.2) is 144 Å². The number of amides is 4. The molecule has 0 aliphatic carbocycles. The van der Waals surface area contributed by atoms with Crippen molar-refractivity contribution in [3.05, 3.63) is 12.2 Å². The Kier molecular flexibility index (Phi) is 61.3. The number of carbonyl (C=O) groups is 8. The lowest BCUT2D eigenvalue weighted by Crippen LogP contribution is -2.43. The summed E-state index contributed by atoms with van der Waals surface area (Å²) in [5.41, 5.74) is 0. The van der Waals surface area contributed by atoms with Gasteiger partial charge in [0.2, 0.25) is 23.6 Å². The van der Waals surface area contributed by atoms with Gasteiger partial charge in [0.25, 0.3) is 0 Å². The number of allylic oxidation sites excluding steroid dienone is 2. The number of rotatable bonds is 71. The number of nitrogens with one attached hydrogen (secondary N) is 4. The summed E-state index contributed by atoms with van der Waals surface area (Å²) in [6, 6.07) is -1.60. The number of Topliss-reactive ketones (excluding diaryl/α,β-unsaturated/α-hetero) is 3. The molecule has 4 unspecified atom stereocenters. The second kappa shape index (κ2) is 63.7. The van der Waals surface area contributed by atoms with Crippen LogP contribution in [0.4, 0.5) is 0 Å². The molecule has 0 aromatic carbocycles. The number of unbranched alkanes of at least 4 members (excludes halogenated alkanes) is 25. The van der Waals surface area contributed by atoms with E-state index < -0.39 is 57.0 Å². The zero-order valence-corrected chi connectivity index (χ0v) is 62.3. The first-order chi connectivity index (χ1) is 45.8. The molecule has 0 fully saturated rings. The number of hydrogen-bond acceptors (Lipinski definition) is 17. The summed E-state index contributed by atoms with van der Waals surface area (Å²) in [5, 5.41) is 10.9. The maximum Gasteiger partial charge on any atom is 0.327 e. The van der Waals surface area contributed by atoms with E-state index in [-0.39, 0.29) is 134 Å². The van der Waals surface area contributed by atoms with Gasteiger partial charge in [-0.2, -0.15) is 0 Å². The van der Waals surface area contributed by atoms with Crippen molar-refractivity contribution in [1.82, 2.24) is 21.3 Å². The smallest absolute Gasteiger partial charge is 0.327 e. The predicted molar refractivity (Wildman–Crippen MR) is 379 cm³/mol. The van der Waals surface area contributed by atoms with Gasteiger partial charge in [-0.25, -0.2) is 0 Å². The standard InChI is InChI=1S/C72H134N4O17P2/c1-8-13-18-23-25-27-29-34-38-43-66(79)56-70(82)75-62(58-87-52-48-64(77)41-36-31-20-15-10-3)60-91-94(6,85)89-54-50-73-68(80)46-47-69(81)74-51-55-90-95(7,86)92-61-63(59-88-53-49-65(78)42-37-32-21-16-11-4)76-71(83)57-67(44-39-33-22-17-12-5)93-72(84)45-40-35-30-28-26-24-19-14-9-2/h28,30,62-63,67H,8-27,29,31-61H2,1-7H3,(H,73,80)(H,74,81)(H,75,82)(H,76,83)/b30-28-/t62?,63?,67-,94?,95?/m1/s1. The highest BCUT2D eigenvalue weighted by Crippen LogP contribution is 2.44. The van der Waals surface area contributed by atoms with Crippen molar-refractivity contribution >= 4 is 62.1 Å². The molecular formula is C72H134N4O17P2. The molecule has 4 N–H and O–H groups in total. The van der Waals surface area contributed by atoms with E-state index in [1.165, 1.54) is 64.7 Å². The summed E-state index contributed by atoms with van der Waals surface area (Å²) >= 11 is 0. The Labute approximate surface area is 574 Å². The quantitative estimate of drug-likeness (QED) is 0.0145. The molecule has 0 aliphatic heterocycles. The molecule has 0 heterocycles. The lowest BCUT2D eigenvalue weighted by Gasteiger charge is -2.23. The van der Waals surface area contributed by atoms with Crippen LogP contribution in [0, 0.1) is 0 Å². The maximum atomic E-state index is 13.7. The lowest BCUT2D eigenvalue weighted by atomic mass is 10.0. The van der Waals surface area contributed by atoms with E-state index in [1.807, 2.05) is 0 Å². The minimum Gasteiger partial charge on any atom is -0.462 e. The van der Waals surface area contributed by atoms with E-state index >= 15 is 0 Å². The van der Waals surface area contributed by atoms with Crippen LogP contribution in [0.15, 0.2) is 12.2 Å². The first-order valence-corrected chi connectivity index (χ1v) is 41.2. The second-order valence-electron chi connectivity index (χ2n) is 25.6. The fraction of sp³-hybridized carbons (Fsp3) is 0.861. The van der Waals surface area contributed by atoms with Gasteiger partial charge in [0.1, 0.15) is 23.5 Å².